The van der Waals surface area contributed by atoms with E-state index in [4.69, 9.17) is 0 Å². The molecule has 0 unspecified atom stereocenters. The molecule has 0 amide bonds. The molecule has 6 rings (SSSR count). The molecule has 0 spiro atoms. The van der Waals surface area contributed by atoms with Crippen LogP contribution in [0.4, 0.5) is 0 Å². The zero-order chi connectivity index (χ0) is 18.0. The van der Waals surface area contributed by atoms with Gasteiger partial charge in [0.15, 0.2) is 0 Å². The van der Waals surface area contributed by atoms with Gasteiger partial charge in [-0.3, -0.25) is 0 Å². The van der Waals surface area contributed by atoms with Gasteiger partial charge in [-0.25, -0.2) is 0 Å². The first kappa shape index (κ1) is 14.8. The Hall–Kier alpha value is -3.30. The summed E-state index contributed by atoms with van der Waals surface area (Å²) in [4.78, 5) is 0. The average molecular weight is 365 g/mol. The summed E-state index contributed by atoms with van der Waals surface area (Å²) in [5.41, 5.74) is 3.40. The maximum atomic E-state index is 9.99. The Morgan fingerprint density at radius 1 is 0.593 bits per heavy atom. The molecule has 128 valence electrons. The molecule has 0 aliphatic heterocycles. The maximum absolute atomic E-state index is 9.99. The molecule has 2 heterocycles. The predicted octanol–water partition coefficient (Wildman–Crippen LogP) is 6.86. The number of nitrogens with zero attached hydrogens (tertiary/aromatic N) is 1. The van der Waals surface area contributed by atoms with E-state index in [1.165, 1.54) is 20.2 Å². The fourth-order valence-electron chi connectivity index (χ4n) is 4.09. The molecule has 0 saturated carbocycles. The third-order valence-corrected chi connectivity index (χ3v) is 6.43. The van der Waals surface area contributed by atoms with E-state index in [0.717, 1.165) is 27.5 Å². The predicted molar refractivity (Wildman–Crippen MR) is 115 cm³/mol. The Kier molecular flexibility index (Phi) is 2.94. The van der Waals surface area contributed by atoms with Crippen molar-refractivity contribution in [2.24, 2.45) is 0 Å². The standard InChI is InChI=1S/C24H15NOS/c26-16-10-11-22-19(14-16)17-5-1-3-7-21(17)25(22)15-9-12-24-20(13-15)18-6-2-4-8-23(18)27-24/h1-14,26H. The summed E-state index contributed by atoms with van der Waals surface area (Å²) in [5, 5.41) is 14.8. The van der Waals surface area contributed by atoms with Crippen LogP contribution in [0, 0.1) is 0 Å². The first-order chi connectivity index (χ1) is 13.3. The summed E-state index contributed by atoms with van der Waals surface area (Å²) in [6.45, 7) is 0. The van der Waals surface area contributed by atoms with Crippen molar-refractivity contribution in [2.75, 3.05) is 0 Å². The number of benzene rings is 4. The Bertz CT molecular complexity index is 1490. The van der Waals surface area contributed by atoms with Gasteiger partial charge in [0.2, 0.25) is 0 Å². The van der Waals surface area contributed by atoms with E-state index in [2.05, 4.69) is 65.2 Å². The fraction of sp³-hybridized carbons (Fsp3) is 0. The molecule has 0 aliphatic carbocycles. The number of fused-ring (bicyclic) bond motifs is 6. The molecule has 1 N–H and O–H groups in total. The van der Waals surface area contributed by atoms with E-state index in [1.807, 2.05) is 29.5 Å². The molecule has 0 bridgehead atoms. The van der Waals surface area contributed by atoms with Crippen molar-refractivity contribution in [3.8, 4) is 11.4 Å². The highest BCUT2D eigenvalue weighted by Gasteiger charge is 2.13. The van der Waals surface area contributed by atoms with Crippen LogP contribution in [0.2, 0.25) is 0 Å². The molecule has 0 atom stereocenters. The number of aromatic nitrogens is 1. The highest BCUT2D eigenvalue weighted by atomic mass is 32.1. The molecule has 6 aromatic rings. The van der Waals surface area contributed by atoms with Gasteiger partial charge < -0.3 is 9.67 Å². The quantitative estimate of drug-likeness (QED) is 0.338. The van der Waals surface area contributed by atoms with Gasteiger partial charge in [-0.15, -0.1) is 11.3 Å². The summed E-state index contributed by atoms with van der Waals surface area (Å²) in [6, 6.07) is 29.3. The Morgan fingerprint density at radius 2 is 1.33 bits per heavy atom. The van der Waals surface area contributed by atoms with Crippen LogP contribution in [0.5, 0.6) is 5.75 Å². The highest BCUT2D eigenvalue weighted by molar-refractivity contribution is 7.25. The van der Waals surface area contributed by atoms with Crippen molar-refractivity contribution in [3.05, 3.63) is 84.9 Å². The minimum absolute atomic E-state index is 0.296. The topological polar surface area (TPSA) is 25.2 Å². The summed E-state index contributed by atoms with van der Waals surface area (Å²) in [6.07, 6.45) is 0. The normalized spacial score (nSPS) is 11.9. The van der Waals surface area contributed by atoms with Crippen LogP contribution in [-0.4, -0.2) is 9.67 Å². The number of thiophene rings is 1. The lowest BCUT2D eigenvalue weighted by atomic mass is 10.1. The first-order valence-corrected chi connectivity index (χ1v) is 9.75. The second-order valence-corrected chi connectivity index (χ2v) is 7.92. The van der Waals surface area contributed by atoms with E-state index in [-0.39, 0.29) is 0 Å². The molecule has 3 heteroatoms. The number of phenolic OH excluding ortho intramolecular Hbond substituents is 1. The second-order valence-electron chi connectivity index (χ2n) is 6.83. The van der Waals surface area contributed by atoms with Gasteiger partial charge in [0, 0.05) is 36.6 Å². The third kappa shape index (κ3) is 2.06. The molecule has 0 fully saturated rings. The van der Waals surface area contributed by atoms with Crippen LogP contribution < -0.4 is 0 Å². The Labute approximate surface area is 159 Å². The van der Waals surface area contributed by atoms with Crippen molar-refractivity contribution in [3.63, 3.8) is 0 Å². The van der Waals surface area contributed by atoms with Crippen LogP contribution in [0.1, 0.15) is 0 Å². The summed E-state index contributed by atoms with van der Waals surface area (Å²) < 4.78 is 4.91. The number of hydrogen-bond donors (Lipinski definition) is 1. The van der Waals surface area contributed by atoms with Gasteiger partial charge in [0.25, 0.3) is 0 Å². The number of hydrogen-bond acceptors (Lipinski definition) is 2. The zero-order valence-corrected chi connectivity index (χ0v) is 15.2. The second kappa shape index (κ2) is 5.35. The highest BCUT2D eigenvalue weighted by Crippen LogP contribution is 2.38. The van der Waals surface area contributed by atoms with Crippen molar-refractivity contribution in [1.29, 1.82) is 0 Å². The molecule has 27 heavy (non-hydrogen) atoms. The molecule has 4 aromatic carbocycles. The van der Waals surface area contributed by atoms with Crippen molar-refractivity contribution >= 4 is 53.3 Å². The molecule has 0 radical (unpaired) electrons. The molecule has 0 aliphatic rings. The lowest BCUT2D eigenvalue weighted by Crippen LogP contribution is -1.93. The molecule has 2 nitrogen and oxygen atoms in total. The Morgan fingerprint density at radius 3 is 2.26 bits per heavy atom. The van der Waals surface area contributed by atoms with E-state index in [1.54, 1.807) is 6.07 Å². The van der Waals surface area contributed by atoms with Crippen molar-refractivity contribution < 1.29 is 5.11 Å². The van der Waals surface area contributed by atoms with Crippen molar-refractivity contribution in [2.45, 2.75) is 0 Å². The van der Waals surface area contributed by atoms with Gasteiger partial charge in [-0.2, -0.15) is 0 Å². The summed E-state index contributed by atoms with van der Waals surface area (Å²) >= 11 is 1.83. The average Bonchev–Trinajstić information content (AvgIpc) is 3.23. The lowest BCUT2D eigenvalue weighted by molar-refractivity contribution is 0.476. The molecular formula is C24H15NOS. The van der Waals surface area contributed by atoms with Gasteiger partial charge in [-0.05, 0) is 48.5 Å². The van der Waals surface area contributed by atoms with Crippen molar-refractivity contribution in [1.82, 2.24) is 4.57 Å². The number of aromatic hydroxyl groups is 1. The molecule has 0 saturated heterocycles. The van der Waals surface area contributed by atoms with Gasteiger partial charge in [0.1, 0.15) is 5.75 Å². The monoisotopic (exact) mass is 365 g/mol. The summed E-state index contributed by atoms with van der Waals surface area (Å²) in [7, 11) is 0. The molecular weight excluding hydrogens is 350 g/mol. The van der Waals surface area contributed by atoms with E-state index in [9.17, 15) is 5.11 Å². The van der Waals surface area contributed by atoms with Crippen LogP contribution in [0.3, 0.4) is 0 Å². The minimum Gasteiger partial charge on any atom is -0.508 e. The third-order valence-electron chi connectivity index (χ3n) is 5.27. The molecule has 2 aromatic heterocycles. The van der Waals surface area contributed by atoms with Gasteiger partial charge in [0.05, 0.1) is 11.0 Å². The maximum Gasteiger partial charge on any atom is 0.116 e. The SMILES string of the molecule is Oc1ccc2c(c1)c1ccccc1n2-c1ccc2sc3ccccc3c2c1. The first-order valence-electron chi connectivity index (χ1n) is 8.93. The smallest absolute Gasteiger partial charge is 0.116 e. The zero-order valence-electron chi connectivity index (χ0n) is 14.4. The summed E-state index contributed by atoms with van der Waals surface area (Å²) in [5.74, 6) is 0.296. The number of rotatable bonds is 1. The van der Waals surface area contributed by atoms with Crippen LogP contribution in [0.25, 0.3) is 47.7 Å². The Balaban J connectivity index is 1.75. The van der Waals surface area contributed by atoms with E-state index >= 15 is 0 Å². The van der Waals surface area contributed by atoms with Crippen LogP contribution in [0.15, 0.2) is 84.9 Å². The largest absolute Gasteiger partial charge is 0.508 e. The lowest BCUT2D eigenvalue weighted by Gasteiger charge is -2.08. The minimum atomic E-state index is 0.296. The van der Waals surface area contributed by atoms with Gasteiger partial charge >= 0.3 is 0 Å². The van der Waals surface area contributed by atoms with E-state index in [0.29, 0.717) is 5.75 Å². The number of phenols is 1. The van der Waals surface area contributed by atoms with Crippen LogP contribution in [-0.2, 0) is 0 Å². The van der Waals surface area contributed by atoms with Gasteiger partial charge in [-0.1, -0.05) is 36.4 Å². The van der Waals surface area contributed by atoms with Crippen LogP contribution >= 0.6 is 11.3 Å². The van der Waals surface area contributed by atoms with E-state index < -0.39 is 0 Å². The number of para-hydroxylation sites is 1. The fourth-order valence-corrected chi connectivity index (χ4v) is 5.18.